The fourth-order valence-corrected chi connectivity index (χ4v) is 2.45. The lowest BCUT2D eigenvalue weighted by atomic mass is 10.1. The molecule has 1 aliphatic rings. The van der Waals surface area contributed by atoms with Crippen LogP contribution >= 0.6 is 0 Å². The number of anilines is 2. The zero-order valence-corrected chi connectivity index (χ0v) is 13.0. The van der Waals surface area contributed by atoms with Crippen LogP contribution in [0, 0.1) is 0 Å². The summed E-state index contributed by atoms with van der Waals surface area (Å²) in [4.78, 5) is 18.8. The number of nitrogens with one attached hydrogen (secondary N) is 1. The Hall–Kier alpha value is -3.10. The Morgan fingerprint density at radius 2 is 1.96 bits per heavy atom. The van der Waals surface area contributed by atoms with Crippen LogP contribution in [-0.4, -0.2) is 40.2 Å². The number of amidine groups is 1. The number of carbonyl (C=O) groups excluding carboxylic acids is 1. The third-order valence-electron chi connectivity index (χ3n) is 3.62. The molecule has 3 N–H and O–H groups in total. The first-order valence-corrected chi connectivity index (χ1v) is 7.68. The molecule has 3 rings (SSSR count). The van der Waals surface area contributed by atoms with Crippen LogP contribution < -0.4 is 11.1 Å². The van der Waals surface area contributed by atoms with Crippen molar-refractivity contribution >= 4 is 23.4 Å². The van der Waals surface area contributed by atoms with E-state index >= 15 is 0 Å². The molecule has 2 heterocycles. The highest BCUT2D eigenvalue weighted by molar-refractivity contribution is 6.00. The molecule has 126 valence electrons. The molecule has 1 aliphatic heterocycles. The van der Waals surface area contributed by atoms with Crippen LogP contribution in [0.5, 0.6) is 0 Å². The van der Waals surface area contributed by atoms with Crippen molar-refractivity contribution in [2.45, 2.75) is 19.3 Å². The van der Waals surface area contributed by atoms with Crippen LogP contribution in [0.3, 0.4) is 0 Å². The van der Waals surface area contributed by atoms with Crippen molar-refractivity contribution in [1.82, 2.24) is 15.2 Å². The molecule has 0 spiro atoms. The number of hydrogen-bond donors (Lipinski definition) is 2. The van der Waals surface area contributed by atoms with Gasteiger partial charge in [-0.2, -0.15) is 0 Å². The number of amides is 1. The van der Waals surface area contributed by atoms with Gasteiger partial charge in [0.25, 0.3) is 0 Å². The zero-order valence-electron chi connectivity index (χ0n) is 13.0. The van der Waals surface area contributed by atoms with Crippen LogP contribution in [0.2, 0.25) is 0 Å². The van der Waals surface area contributed by atoms with E-state index in [1.807, 2.05) is 11.0 Å². The Bertz CT molecular complexity index is 709. The fourth-order valence-electron chi connectivity index (χ4n) is 2.45. The maximum absolute atomic E-state index is 11.9. The first-order valence-electron chi connectivity index (χ1n) is 7.68. The number of hydrogen-bond acceptors (Lipinski definition) is 7. The molecule has 9 nitrogen and oxygen atoms in total. The number of benzene rings is 1. The molecule has 0 radical (unpaired) electrons. The number of rotatable bonds is 3. The van der Waals surface area contributed by atoms with E-state index in [0.717, 1.165) is 32.4 Å². The van der Waals surface area contributed by atoms with Gasteiger partial charge in [0.05, 0.1) is 0 Å². The third-order valence-corrected chi connectivity index (χ3v) is 3.62. The molecule has 0 aliphatic carbocycles. The van der Waals surface area contributed by atoms with E-state index < -0.39 is 6.09 Å². The van der Waals surface area contributed by atoms with E-state index in [9.17, 15) is 4.79 Å². The van der Waals surface area contributed by atoms with Crippen LogP contribution in [-0.2, 0) is 4.84 Å². The molecule has 0 saturated carbocycles. The number of aromatic nitrogens is 2. The van der Waals surface area contributed by atoms with Gasteiger partial charge in [0.2, 0.25) is 5.84 Å². The van der Waals surface area contributed by atoms with Crippen molar-refractivity contribution in [2.24, 2.45) is 5.16 Å². The largest absolute Gasteiger partial charge is 0.437 e. The summed E-state index contributed by atoms with van der Waals surface area (Å²) in [6.45, 7) is 1.55. The van der Waals surface area contributed by atoms with Gasteiger partial charge in [-0.05, 0) is 41.7 Å². The Balaban J connectivity index is 1.73. The first kappa shape index (κ1) is 15.8. The Kier molecular flexibility index (Phi) is 4.90. The maximum atomic E-state index is 11.9. The molecule has 9 heteroatoms. The number of oxime groups is 1. The average Bonchev–Trinajstić information content (AvgIpc) is 3.03. The van der Waals surface area contributed by atoms with Crippen molar-refractivity contribution in [3.63, 3.8) is 0 Å². The van der Waals surface area contributed by atoms with E-state index in [1.54, 1.807) is 24.3 Å². The summed E-state index contributed by atoms with van der Waals surface area (Å²) >= 11 is 0. The van der Waals surface area contributed by atoms with E-state index in [4.69, 9.17) is 10.6 Å². The Morgan fingerprint density at radius 1 is 1.21 bits per heavy atom. The summed E-state index contributed by atoms with van der Waals surface area (Å²) in [5, 5.41) is 13.8. The molecule has 1 aromatic heterocycles. The normalized spacial score (nSPS) is 15.2. The second kappa shape index (κ2) is 7.44. The standard InChI is InChI=1S/C15H18N6O3/c16-13-12(18-24-19-13)14(21-9-5-2-6-10-21)20-23-15(22)17-11-7-3-1-4-8-11/h1,3-4,7-8H,2,5-6,9-10H2,(H2,16,19)(H,17,22). The minimum atomic E-state index is -0.703. The Morgan fingerprint density at radius 3 is 2.62 bits per heavy atom. The van der Waals surface area contributed by atoms with Crippen molar-refractivity contribution in [3.05, 3.63) is 36.0 Å². The van der Waals surface area contributed by atoms with Gasteiger partial charge in [-0.15, -0.1) is 0 Å². The topological polar surface area (TPSA) is 119 Å². The molecular formula is C15H18N6O3. The fraction of sp³-hybridized carbons (Fsp3) is 0.333. The molecule has 0 unspecified atom stereocenters. The van der Waals surface area contributed by atoms with Gasteiger partial charge in [0.1, 0.15) is 0 Å². The number of piperidine rings is 1. The van der Waals surface area contributed by atoms with Crippen LogP contribution in [0.15, 0.2) is 40.1 Å². The van der Waals surface area contributed by atoms with E-state index in [1.165, 1.54) is 0 Å². The second-order valence-electron chi connectivity index (χ2n) is 5.33. The SMILES string of the molecule is Nc1nonc1C(=NOC(=O)Nc1ccccc1)N1CCCCC1. The second-order valence-corrected chi connectivity index (χ2v) is 5.33. The predicted molar refractivity (Wildman–Crippen MR) is 87.2 cm³/mol. The van der Waals surface area contributed by atoms with Gasteiger partial charge in [-0.1, -0.05) is 23.4 Å². The number of nitrogens with two attached hydrogens (primary N) is 1. The molecule has 24 heavy (non-hydrogen) atoms. The molecule has 0 bridgehead atoms. The molecule has 2 aromatic rings. The molecule has 0 atom stereocenters. The number of para-hydroxylation sites is 1. The summed E-state index contributed by atoms with van der Waals surface area (Å²) in [7, 11) is 0. The number of likely N-dealkylation sites (tertiary alicyclic amines) is 1. The molecule has 1 fully saturated rings. The summed E-state index contributed by atoms with van der Waals surface area (Å²) in [5.74, 6) is 0.447. The van der Waals surface area contributed by atoms with Crippen molar-refractivity contribution in [1.29, 1.82) is 0 Å². The highest BCUT2D eigenvalue weighted by Crippen LogP contribution is 2.16. The molecule has 1 aromatic carbocycles. The van der Waals surface area contributed by atoms with Crippen LogP contribution in [0.4, 0.5) is 16.3 Å². The summed E-state index contributed by atoms with van der Waals surface area (Å²) < 4.78 is 4.63. The van der Waals surface area contributed by atoms with E-state index in [2.05, 4.69) is 25.4 Å². The van der Waals surface area contributed by atoms with Crippen LogP contribution in [0.25, 0.3) is 0 Å². The van der Waals surface area contributed by atoms with Gasteiger partial charge in [-0.3, -0.25) is 10.2 Å². The summed E-state index contributed by atoms with van der Waals surface area (Å²) in [6, 6.07) is 8.95. The lowest BCUT2D eigenvalue weighted by Crippen LogP contribution is -2.37. The lowest BCUT2D eigenvalue weighted by molar-refractivity contribution is 0.163. The van der Waals surface area contributed by atoms with Gasteiger partial charge in [0, 0.05) is 18.8 Å². The number of carbonyl (C=O) groups is 1. The van der Waals surface area contributed by atoms with Crippen molar-refractivity contribution < 1.29 is 14.3 Å². The van der Waals surface area contributed by atoms with Crippen molar-refractivity contribution in [2.75, 3.05) is 24.1 Å². The third kappa shape index (κ3) is 3.80. The van der Waals surface area contributed by atoms with Gasteiger partial charge >= 0.3 is 6.09 Å². The van der Waals surface area contributed by atoms with Gasteiger partial charge in [-0.25, -0.2) is 9.42 Å². The van der Waals surface area contributed by atoms with Crippen molar-refractivity contribution in [3.8, 4) is 0 Å². The minimum absolute atomic E-state index is 0.103. The van der Waals surface area contributed by atoms with E-state index in [-0.39, 0.29) is 11.5 Å². The average molecular weight is 330 g/mol. The molecular weight excluding hydrogens is 312 g/mol. The monoisotopic (exact) mass is 330 g/mol. The molecule has 1 amide bonds. The van der Waals surface area contributed by atoms with Gasteiger partial charge in [0.15, 0.2) is 11.5 Å². The van der Waals surface area contributed by atoms with Gasteiger partial charge < -0.3 is 10.6 Å². The number of nitrogen functional groups attached to an aromatic ring is 1. The summed E-state index contributed by atoms with van der Waals surface area (Å²) in [5.41, 5.74) is 6.63. The predicted octanol–water partition coefficient (Wildman–Crippen LogP) is 2.05. The highest BCUT2D eigenvalue weighted by atomic mass is 16.7. The first-order chi connectivity index (χ1) is 11.7. The lowest BCUT2D eigenvalue weighted by Gasteiger charge is -2.27. The summed E-state index contributed by atoms with van der Waals surface area (Å²) in [6.07, 6.45) is 2.47. The zero-order chi connectivity index (χ0) is 16.8. The smallest absolute Gasteiger partial charge is 0.379 e. The minimum Gasteiger partial charge on any atom is -0.379 e. The van der Waals surface area contributed by atoms with E-state index in [0.29, 0.717) is 11.5 Å². The highest BCUT2D eigenvalue weighted by Gasteiger charge is 2.24. The Labute approximate surface area is 138 Å². The maximum Gasteiger partial charge on any atom is 0.437 e. The van der Waals surface area contributed by atoms with Crippen LogP contribution in [0.1, 0.15) is 25.0 Å². The molecule has 1 saturated heterocycles. The number of nitrogens with zero attached hydrogens (tertiary/aromatic N) is 4. The quantitative estimate of drug-likeness (QED) is 0.382.